The molecule has 2 aromatic heterocycles. The first-order chi connectivity index (χ1) is 17.1. The molecule has 2 heterocycles. The molecule has 35 heavy (non-hydrogen) atoms. The van der Waals surface area contributed by atoms with Crippen LogP contribution >= 0.6 is 0 Å². The van der Waals surface area contributed by atoms with Crippen molar-refractivity contribution in [3.8, 4) is 16.8 Å². The van der Waals surface area contributed by atoms with Gasteiger partial charge in [-0.2, -0.15) is 0 Å². The molecule has 1 aliphatic carbocycles. The minimum Gasteiger partial charge on any atom is -0.354 e. The zero-order valence-corrected chi connectivity index (χ0v) is 19.8. The lowest BCUT2D eigenvalue weighted by Gasteiger charge is -2.21. The lowest BCUT2D eigenvalue weighted by atomic mass is 9.82. The van der Waals surface area contributed by atoms with Crippen LogP contribution in [0.2, 0.25) is 0 Å². The maximum Gasteiger partial charge on any atom is 0.0541 e. The molecule has 0 saturated carbocycles. The van der Waals surface area contributed by atoms with Crippen LogP contribution < -0.4 is 0 Å². The van der Waals surface area contributed by atoms with Crippen molar-refractivity contribution in [2.75, 3.05) is 0 Å². The molecule has 7 aromatic rings. The van der Waals surface area contributed by atoms with Crippen molar-refractivity contribution < 1.29 is 0 Å². The molecule has 0 radical (unpaired) electrons. The van der Waals surface area contributed by atoms with Crippen molar-refractivity contribution >= 4 is 43.6 Å². The Hall–Kier alpha value is -4.30. The smallest absolute Gasteiger partial charge is 0.0541 e. The number of hydrogen-bond acceptors (Lipinski definition) is 0. The van der Waals surface area contributed by atoms with Gasteiger partial charge in [0.2, 0.25) is 0 Å². The van der Waals surface area contributed by atoms with Gasteiger partial charge in [-0.3, -0.25) is 0 Å². The molecule has 1 aliphatic rings. The van der Waals surface area contributed by atoms with Crippen LogP contribution in [0.3, 0.4) is 0 Å². The molecule has 166 valence electrons. The molecule has 0 bridgehead atoms. The Labute approximate surface area is 203 Å². The van der Waals surface area contributed by atoms with Crippen LogP contribution in [0.15, 0.2) is 103 Å². The topological polar surface area (TPSA) is 20.7 Å². The van der Waals surface area contributed by atoms with Gasteiger partial charge in [0.05, 0.1) is 11.0 Å². The van der Waals surface area contributed by atoms with Crippen LogP contribution in [-0.4, -0.2) is 9.55 Å². The quantitative estimate of drug-likeness (QED) is 0.259. The number of nitrogens with one attached hydrogen (secondary N) is 1. The van der Waals surface area contributed by atoms with Crippen molar-refractivity contribution in [1.82, 2.24) is 9.55 Å². The lowest BCUT2D eigenvalue weighted by molar-refractivity contribution is 0.661. The molecule has 1 N–H and O–H groups in total. The Bertz CT molecular complexity index is 1930. The molecule has 2 nitrogen and oxygen atoms in total. The van der Waals surface area contributed by atoms with Crippen molar-refractivity contribution in [1.29, 1.82) is 0 Å². The highest BCUT2D eigenvalue weighted by Crippen LogP contribution is 2.50. The summed E-state index contributed by atoms with van der Waals surface area (Å²) in [5.74, 6) is 0. The molecule has 0 fully saturated rings. The second kappa shape index (κ2) is 6.43. The van der Waals surface area contributed by atoms with E-state index in [0.717, 1.165) is 0 Å². The Morgan fingerprint density at radius 3 is 1.97 bits per heavy atom. The van der Waals surface area contributed by atoms with E-state index < -0.39 is 0 Å². The van der Waals surface area contributed by atoms with Crippen LogP contribution in [0.5, 0.6) is 0 Å². The van der Waals surface area contributed by atoms with Gasteiger partial charge < -0.3 is 9.55 Å². The molecule has 0 spiro atoms. The number of fused-ring (bicyclic) bond motifs is 9. The molecule has 0 atom stereocenters. The fraction of sp³-hybridized carbons (Fsp3) is 0.0909. The number of aromatic nitrogens is 2. The molecular weight excluding hydrogens is 424 g/mol. The summed E-state index contributed by atoms with van der Waals surface area (Å²) in [4.78, 5) is 3.71. The zero-order valence-electron chi connectivity index (χ0n) is 19.8. The van der Waals surface area contributed by atoms with Crippen molar-refractivity contribution in [3.63, 3.8) is 0 Å². The Balaban J connectivity index is 1.43. The minimum atomic E-state index is 0.00550. The van der Waals surface area contributed by atoms with Crippen LogP contribution in [-0.2, 0) is 5.41 Å². The van der Waals surface area contributed by atoms with E-state index >= 15 is 0 Å². The lowest BCUT2D eigenvalue weighted by Crippen LogP contribution is -2.14. The van der Waals surface area contributed by atoms with E-state index in [9.17, 15) is 0 Å². The van der Waals surface area contributed by atoms with Crippen LogP contribution in [0.4, 0.5) is 0 Å². The van der Waals surface area contributed by atoms with Gasteiger partial charge in [-0.25, -0.2) is 0 Å². The first-order valence-corrected chi connectivity index (χ1v) is 12.3. The van der Waals surface area contributed by atoms with E-state index in [0.29, 0.717) is 0 Å². The van der Waals surface area contributed by atoms with Crippen LogP contribution in [0, 0.1) is 0 Å². The maximum atomic E-state index is 3.71. The maximum absolute atomic E-state index is 3.71. The number of nitrogens with zero attached hydrogens (tertiary/aromatic N) is 1. The van der Waals surface area contributed by atoms with Crippen LogP contribution in [0.25, 0.3) is 60.4 Å². The first kappa shape index (κ1) is 19.1. The van der Waals surface area contributed by atoms with Gasteiger partial charge in [-0.15, -0.1) is 0 Å². The number of hydrogen-bond donors (Lipinski definition) is 1. The molecule has 8 rings (SSSR count). The van der Waals surface area contributed by atoms with Gasteiger partial charge in [0.25, 0.3) is 0 Å². The predicted molar refractivity (Wildman–Crippen MR) is 148 cm³/mol. The number of H-pyrrole nitrogens is 1. The summed E-state index contributed by atoms with van der Waals surface area (Å²) < 4.78 is 2.40. The summed E-state index contributed by atoms with van der Waals surface area (Å²) in [6, 6.07) is 37.9. The summed E-state index contributed by atoms with van der Waals surface area (Å²) in [7, 11) is 0. The number of rotatable bonds is 1. The largest absolute Gasteiger partial charge is 0.354 e. The molecule has 2 heteroatoms. The highest BCUT2D eigenvalue weighted by Gasteiger charge is 2.35. The summed E-state index contributed by atoms with van der Waals surface area (Å²) in [6.07, 6.45) is 0. The van der Waals surface area contributed by atoms with E-state index in [1.165, 1.54) is 71.6 Å². The van der Waals surface area contributed by atoms with Crippen molar-refractivity contribution in [2.24, 2.45) is 0 Å². The summed E-state index contributed by atoms with van der Waals surface area (Å²) >= 11 is 0. The van der Waals surface area contributed by atoms with E-state index in [2.05, 4.69) is 127 Å². The molecule has 5 aromatic carbocycles. The Morgan fingerprint density at radius 1 is 0.543 bits per heavy atom. The molecule has 0 unspecified atom stereocenters. The summed E-state index contributed by atoms with van der Waals surface area (Å²) in [5, 5.41) is 5.13. The Morgan fingerprint density at radius 2 is 1.20 bits per heavy atom. The van der Waals surface area contributed by atoms with E-state index in [-0.39, 0.29) is 5.41 Å². The van der Waals surface area contributed by atoms with Gasteiger partial charge in [-0.05, 0) is 64.7 Å². The highest BCUT2D eigenvalue weighted by atomic mass is 15.0. The highest BCUT2D eigenvalue weighted by molar-refractivity contribution is 6.12. The normalized spacial score (nSPS) is 14.2. The van der Waals surface area contributed by atoms with Crippen molar-refractivity contribution in [3.05, 3.63) is 114 Å². The summed E-state index contributed by atoms with van der Waals surface area (Å²) in [6.45, 7) is 4.68. The number of benzene rings is 5. The predicted octanol–water partition coefficient (Wildman–Crippen LogP) is 8.72. The molecule has 0 amide bonds. The van der Waals surface area contributed by atoms with Gasteiger partial charge in [-0.1, -0.05) is 74.5 Å². The molecule has 0 saturated heterocycles. The van der Waals surface area contributed by atoms with E-state index in [1.54, 1.807) is 0 Å². The van der Waals surface area contributed by atoms with Gasteiger partial charge in [0.15, 0.2) is 0 Å². The first-order valence-electron chi connectivity index (χ1n) is 12.3. The Kier molecular flexibility index (Phi) is 3.50. The van der Waals surface area contributed by atoms with Gasteiger partial charge in [0.1, 0.15) is 0 Å². The monoisotopic (exact) mass is 448 g/mol. The zero-order chi connectivity index (χ0) is 23.3. The number of para-hydroxylation sites is 2. The van der Waals surface area contributed by atoms with E-state index in [1.807, 2.05) is 0 Å². The third-order valence-electron chi connectivity index (χ3n) is 8.12. The standard InChI is InChI=1S/C33H24N2/c1-33(2)27-12-6-3-9-21(27)24-18-26-25-17-20(15-16-29(25)34-30(26)19-28(24)33)35-31-13-7-4-10-22(31)23-11-5-8-14-32(23)35/h3-19,34H,1-2H3. The summed E-state index contributed by atoms with van der Waals surface area (Å²) in [5.41, 5.74) is 11.6. The van der Waals surface area contributed by atoms with Gasteiger partial charge in [0, 0.05) is 43.7 Å². The second-order valence-corrected chi connectivity index (χ2v) is 10.3. The number of aromatic amines is 1. The van der Waals surface area contributed by atoms with Crippen molar-refractivity contribution in [2.45, 2.75) is 19.3 Å². The fourth-order valence-electron chi connectivity index (χ4n) is 6.42. The SMILES string of the molecule is CC1(C)c2ccccc2-c2cc3c(cc21)[nH]c1ccc(-n2c4ccccc4c4ccccc42)cc13. The van der Waals surface area contributed by atoms with Crippen LogP contribution in [0.1, 0.15) is 25.0 Å². The molecule has 0 aliphatic heterocycles. The van der Waals surface area contributed by atoms with Gasteiger partial charge >= 0.3 is 0 Å². The third-order valence-corrected chi connectivity index (χ3v) is 8.12. The molecular formula is C33H24N2. The fourth-order valence-corrected chi connectivity index (χ4v) is 6.42. The second-order valence-electron chi connectivity index (χ2n) is 10.3. The third kappa shape index (κ3) is 2.39. The average molecular weight is 449 g/mol. The minimum absolute atomic E-state index is 0.00550. The van der Waals surface area contributed by atoms with E-state index in [4.69, 9.17) is 0 Å². The average Bonchev–Trinajstić information content (AvgIpc) is 3.49.